The fraction of sp³-hybridized carbons (Fsp3) is 0.458. The molecule has 32 heavy (non-hydrogen) atoms. The van der Waals surface area contributed by atoms with Gasteiger partial charge in [0.05, 0.1) is 36.2 Å². The number of imidazole rings is 1. The maximum atomic E-state index is 11.1. The molecule has 0 aromatic carbocycles. The Morgan fingerprint density at radius 3 is 2.75 bits per heavy atom. The van der Waals surface area contributed by atoms with Crippen molar-refractivity contribution in [1.82, 2.24) is 23.9 Å². The zero-order valence-corrected chi connectivity index (χ0v) is 18.4. The third-order valence-electron chi connectivity index (χ3n) is 7.69. The third kappa shape index (κ3) is 2.69. The number of aryl methyl sites for hydroxylation is 3. The van der Waals surface area contributed by atoms with Gasteiger partial charge in [0.15, 0.2) is 0 Å². The van der Waals surface area contributed by atoms with Gasteiger partial charge in [-0.15, -0.1) is 0 Å². The molecule has 1 aliphatic heterocycles. The molecule has 2 aliphatic rings. The van der Waals surface area contributed by atoms with Crippen molar-refractivity contribution in [2.45, 2.75) is 58.0 Å². The second-order valence-corrected chi connectivity index (χ2v) is 9.46. The van der Waals surface area contributed by atoms with E-state index >= 15 is 0 Å². The Hall–Kier alpha value is -2.81. The first-order valence-corrected chi connectivity index (χ1v) is 11.1. The third-order valence-corrected chi connectivity index (χ3v) is 7.69. The van der Waals surface area contributed by atoms with Gasteiger partial charge in [-0.2, -0.15) is 0 Å². The standard InChI is InChI=1S/C24H27N5O3/c1-13-15(3)28-6-4-16(8-20(28)27-13)19-10-24(11-32-19)9-18(21(30)22(24)31)29-7-5-17-14(2)25-12-26-23(17)29/h4-8,12,18-19,21-22,30-31H,9-11H2,1-3H3/t18-,19-,21+,22+,24-/m1/s1. The first-order valence-electron chi connectivity index (χ1n) is 11.1. The second-order valence-electron chi connectivity index (χ2n) is 9.46. The van der Waals surface area contributed by atoms with E-state index in [2.05, 4.69) is 38.4 Å². The second kappa shape index (κ2) is 6.84. The largest absolute Gasteiger partial charge is 0.390 e. The number of pyridine rings is 1. The van der Waals surface area contributed by atoms with Crippen molar-refractivity contribution >= 4 is 16.7 Å². The van der Waals surface area contributed by atoms with E-state index < -0.39 is 17.6 Å². The molecule has 5 atom stereocenters. The molecule has 0 radical (unpaired) electrons. The molecule has 2 N–H and O–H groups in total. The summed E-state index contributed by atoms with van der Waals surface area (Å²) in [6.45, 7) is 6.43. The van der Waals surface area contributed by atoms with E-state index in [0.29, 0.717) is 19.4 Å². The van der Waals surface area contributed by atoms with E-state index in [0.717, 1.165) is 39.3 Å². The summed E-state index contributed by atoms with van der Waals surface area (Å²) >= 11 is 0. The maximum Gasteiger partial charge on any atom is 0.143 e. The Balaban J connectivity index is 1.31. The van der Waals surface area contributed by atoms with Crippen molar-refractivity contribution in [2.75, 3.05) is 6.61 Å². The summed E-state index contributed by atoms with van der Waals surface area (Å²) < 4.78 is 10.3. The van der Waals surface area contributed by atoms with Crippen LogP contribution in [0.2, 0.25) is 0 Å². The number of aliphatic hydroxyl groups excluding tert-OH is 2. The molecule has 4 aromatic heterocycles. The van der Waals surface area contributed by atoms with Crippen LogP contribution >= 0.6 is 0 Å². The van der Waals surface area contributed by atoms with Crippen LogP contribution in [0.1, 0.15) is 47.6 Å². The van der Waals surface area contributed by atoms with Crippen LogP contribution in [0.15, 0.2) is 36.9 Å². The molecule has 0 bridgehead atoms. The Morgan fingerprint density at radius 2 is 1.91 bits per heavy atom. The summed E-state index contributed by atoms with van der Waals surface area (Å²) in [5, 5.41) is 23.1. The summed E-state index contributed by atoms with van der Waals surface area (Å²) in [6.07, 6.45) is 4.92. The van der Waals surface area contributed by atoms with Gasteiger partial charge < -0.3 is 23.9 Å². The van der Waals surface area contributed by atoms with Crippen LogP contribution in [-0.4, -0.2) is 52.9 Å². The van der Waals surface area contributed by atoms with Crippen molar-refractivity contribution in [3.05, 3.63) is 59.6 Å². The molecule has 6 rings (SSSR count). The lowest BCUT2D eigenvalue weighted by Crippen LogP contribution is -2.37. The Labute approximate surface area is 185 Å². The summed E-state index contributed by atoms with van der Waals surface area (Å²) in [6, 6.07) is 5.85. The van der Waals surface area contributed by atoms with Crippen LogP contribution in [-0.2, 0) is 4.74 Å². The summed E-state index contributed by atoms with van der Waals surface area (Å²) in [5.41, 5.74) is 5.30. The molecule has 8 heteroatoms. The highest BCUT2D eigenvalue weighted by Crippen LogP contribution is 2.54. The van der Waals surface area contributed by atoms with Crippen molar-refractivity contribution in [3.63, 3.8) is 0 Å². The van der Waals surface area contributed by atoms with Gasteiger partial charge in [-0.25, -0.2) is 15.0 Å². The number of nitrogens with zero attached hydrogens (tertiary/aromatic N) is 5. The van der Waals surface area contributed by atoms with Crippen molar-refractivity contribution in [3.8, 4) is 0 Å². The number of aromatic nitrogens is 5. The number of fused-ring (bicyclic) bond motifs is 2. The van der Waals surface area contributed by atoms with Gasteiger partial charge in [0.25, 0.3) is 0 Å². The van der Waals surface area contributed by atoms with Crippen LogP contribution in [0.4, 0.5) is 0 Å². The molecule has 5 heterocycles. The Kier molecular flexibility index (Phi) is 4.24. The smallest absolute Gasteiger partial charge is 0.143 e. The first-order chi connectivity index (χ1) is 15.4. The molecule has 4 aromatic rings. The van der Waals surface area contributed by atoms with Gasteiger partial charge >= 0.3 is 0 Å². The van der Waals surface area contributed by atoms with Crippen molar-refractivity contribution < 1.29 is 14.9 Å². The van der Waals surface area contributed by atoms with E-state index in [1.54, 1.807) is 6.33 Å². The molecule has 166 valence electrons. The highest BCUT2D eigenvalue weighted by molar-refractivity contribution is 5.78. The fourth-order valence-corrected chi connectivity index (χ4v) is 5.68. The summed E-state index contributed by atoms with van der Waals surface area (Å²) in [7, 11) is 0. The van der Waals surface area contributed by atoms with Gasteiger partial charge in [-0.1, -0.05) is 0 Å². The van der Waals surface area contributed by atoms with Crippen LogP contribution in [0.5, 0.6) is 0 Å². The highest BCUT2D eigenvalue weighted by atomic mass is 16.5. The lowest BCUT2D eigenvalue weighted by molar-refractivity contribution is -0.0309. The van der Waals surface area contributed by atoms with E-state index in [4.69, 9.17) is 4.74 Å². The number of aliphatic hydroxyl groups is 2. The quantitative estimate of drug-likeness (QED) is 0.505. The zero-order chi connectivity index (χ0) is 22.2. The molecular weight excluding hydrogens is 406 g/mol. The van der Waals surface area contributed by atoms with Crippen LogP contribution in [0.3, 0.4) is 0 Å². The lowest BCUT2D eigenvalue weighted by atomic mass is 9.80. The topological polar surface area (TPSA) is 97.7 Å². The molecule has 1 saturated carbocycles. The molecule has 1 spiro atoms. The van der Waals surface area contributed by atoms with Crippen LogP contribution in [0, 0.1) is 26.2 Å². The van der Waals surface area contributed by atoms with Crippen molar-refractivity contribution in [2.24, 2.45) is 5.41 Å². The van der Waals surface area contributed by atoms with E-state index in [-0.39, 0.29) is 12.1 Å². The minimum Gasteiger partial charge on any atom is -0.390 e. The molecular formula is C24H27N5O3. The normalized spacial score (nSPS) is 30.3. The molecule has 2 fully saturated rings. The van der Waals surface area contributed by atoms with Gasteiger partial charge in [0.2, 0.25) is 0 Å². The minimum absolute atomic E-state index is 0.135. The summed E-state index contributed by atoms with van der Waals surface area (Å²) in [5.74, 6) is 0. The van der Waals surface area contributed by atoms with Gasteiger partial charge in [0, 0.05) is 28.9 Å². The molecule has 0 amide bonds. The number of hydrogen-bond donors (Lipinski definition) is 2. The van der Waals surface area contributed by atoms with E-state index in [1.807, 2.05) is 36.9 Å². The van der Waals surface area contributed by atoms with Crippen LogP contribution in [0.25, 0.3) is 16.7 Å². The average molecular weight is 434 g/mol. The molecule has 1 saturated heterocycles. The predicted molar refractivity (Wildman–Crippen MR) is 118 cm³/mol. The maximum absolute atomic E-state index is 11.1. The Morgan fingerprint density at radius 1 is 1.06 bits per heavy atom. The molecule has 1 aliphatic carbocycles. The van der Waals surface area contributed by atoms with Crippen molar-refractivity contribution in [1.29, 1.82) is 0 Å². The average Bonchev–Trinajstić information content (AvgIpc) is 3.52. The highest BCUT2D eigenvalue weighted by Gasteiger charge is 2.57. The van der Waals surface area contributed by atoms with E-state index in [1.165, 1.54) is 0 Å². The first kappa shape index (κ1) is 19.8. The van der Waals surface area contributed by atoms with Gasteiger partial charge in [-0.3, -0.25) is 0 Å². The van der Waals surface area contributed by atoms with Gasteiger partial charge in [-0.05, 0) is 57.4 Å². The van der Waals surface area contributed by atoms with Gasteiger partial charge in [0.1, 0.15) is 23.7 Å². The molecule has 8 nitrogen and oxygen atoms in total. The summed E-state index contributed by atoms with van der Waals surface area (Å²) in [4.78, 5) is 13.3. The fourth-order valence-electron chi connectivity index (χ4n) is 5.68. The molecule has 0 unspecified atom stereocenters. The number of rotatable bonds is 2. The van der Waals surface area contributed by atoms with E-state index in [9.17, 15) is 10.2 Å². The number of ether oxygens (including phenoxy) is 1. The SMILES string of the molecule is Cc1nc2cc([C@H]3C[C@@]4(CO3)C[C@@H](n3ccc5c(C)ncnc53)[C@H](O)[C@@H]4O)ccn2c1C. The Bertz CT molecular complexity index is 1340. The monoisotopic (exact) mass is 433 g/mol. The predicted octanol–water partition coefficient (Wildman–Crippen LogP) is 2.82. The minimum atomic E-state index is -0.886. The lowest BCUT2D eigenvalue weighted by Gasteiger charge is -2.26. The van der Waals surface area contributed by atoms with Crippen LogP contribution < -0.4 is 0 Å². The number of hydrogen-bond acceptors (Lipinski definition) is 6. The zero-order valence-electron chi connectivity index (χ0n) is 18.4.